The van der Waals surface area contributed by atoms with Crippen molar-refractivity contribution in [3.8, 4) is 21.9 Å². The van der Waals surface area contributed by atoms with Crippen LogP contribution in [0.5, 0.6) is 11.5 Å². The largest absolute Gasteiger partial charge is 0.497 e. The molecule has 1 amide bonds. The molecule has 152 valence electrons. The summed E-state index contributed by atoms with van der Waals surface area (Å²) in [7, 11) is 4.65. The molecule has 0 saturated carbocycles. The molecule has 1 aromatic heterocycles. The van der Waals surface area contributed by atoms with E-state index in [1.54, 1.807) is 25.6 Å². The number of hydrogen-bond acceptors (Lipinski definition) is 5. The molecule has 0 aliphatic heterocycles. The van der Waals surface area contributed by atoms with E-state index in [1.807, 2.05) is 60.7 Å². The van der Waals surface area contributed by atoms with Gasteiger partial charge in [-0.1, -0.05) is 12.1 Å². The molecule has 1 atom stereocenters. The molecule has 2 aromatic carbocycles. The standard InChI is InChI=1S/C23H25NO4S/c1-24(26)23(25)20(13-6-16-4-9-18(27-2)10-5-16)22-15-14-21(29-22)17-7-11-19(28-3)12-8-17/h4-5,7-12,14-15,20,26H,6,13H2,1-3H3. The highest BCUT2D eigenvalue weighted by atomic mass is 32.1. The molecule has 1 unspecified atom stereocenters. The Morgan fingerprint density at radius 3 is 2.10 bits per heavy atom. The summed E-state index contributed by atoms with van der Waals surface area (Å²) in [5.74, 6) is 0.907. The van der Waals surface area contributed by atoms with Crippen LogP contribution in [0.15, 0.2) is 60.7 Å². The van der Waals surface area contributed by atoms with Crippen LogP contribution in [0.2, 0.25) is 0 Å². The maximum Gasteiger partial charge on any atom is 0.254 e. The van der Waals surface area contributed by atoms with Crippen LogP contribution in [0.1, 0.15) is 22.8 Å². The van der Waals surface area contributed by atoms with Crippen LogP contribution in [-0.2, 0) is 11.2 Å². The molecule has 6 heteroatoms. The molecule has 1 N–H and O–H groups in total. The minimum atomic E-state index is -0.399. The lowest BCUT2D eigenvalue weighted by molar-refractivity contribution is -0.161. The minimum Gasteiger partial charge on any atom is -0.497 e. The van der Waals surface area contributed by atoms with Gasteiger partial charge in [0.05, 0.1) is 20.1 Å². The zero-order valence-corrected chi connectivity index (χ0v) is 17.6. The smallest absolute Gasteiger partial charge is 0.254 e. The van der Waals surface area contributed by atoms with Crippen molar-refractivity contribution in [2.24, 2.45) is 0 Å². The van der Waals surface area contributed by atoms with Crippen LogP contribution >= 0.6 is 11.3 Å². The number of hydrogen-bond donors (Lipinski definition) is 1. The topological polar surface area (TPSA) is 59.0 Å². The average molecular weight is 412 g/mol. The first kappa shape index (κ1) is 20.9. The lowest BCUT2D eigenvalue weighted by Gasteiger charge is -2.18. The highest BCUT2D eigenvalue weighted by Gasteiger charge is 2.25. The van der Waals surface area contributed by atoms with Crippen molar-refractivity contribution in [2.45, 2.75) is 18.8 Å². The molecule has 5 nitrogen and oxygen atoms in total. The van der Waals surface area contributed by atoms with Crippen LogP contribution in [0, 0.1) is 0 Å². The molecule has 0 aliphatic rings. The van der Waals surface area contributed by atoms with E-state index in [9.17, 15) is 10.0 Å². The fourth-order valence-electron chi connectivity index (χ4n) is 3.17. The maximum absolute atomic E-state index is 12.6. The van der Waals surface area contributed by atoms with Crippen molar-refractivity contribution in [1.82, 2.24) is 5.06 Å². The lowest BCUT2D eigenvalue weighted by atomic mass is 9.97. The number of methoxy groups -OCH3 is 2. The molecular weight excluding hydrogens is 386 g/mol. The summed E-state index contributed by atoms with van der Waals surface area (Å²) in [4.78, 5) is 14.7. The van der Waals surface area contributed by atoms with Crippen molar-refractivity contribution in [2.75, 3.05) is 21.3 Å². The Kier molecular flexibility index (Phi) is 6.90. The number of ether oxygens (including phenoxy) is 2. The third-order valence-corrected chi connectivity index (χ3v) is 6.09. The van der Waals surface area contributed by atoms with Gasteiger partial charge in [0.25, 0.3) is 5.91 Å². The Hall–Kier alpha value is -2.83. The summed E-state index contributed by atoms with van der Waals surface area (Å²) in [5.41, 5.74) is 2.19. The second kappa shape index (κ2) is 9.58. The number of carbonyl (C=O) groups excluding carboxylic acids is 1. The van der Waals surface area contributed by atoms with Crippen LogP contribution < -0.4 is 9.47 Å². The van der Waals surface area contributed by atoms with Crippen LogP contribution in [-0.4, -0.2) is 37.4 Å². The Bertz CT molecular complexity index is 932. The van der Waals surface area contributed by atoms with E-state index in [0.29, 0.717) is 11.5 Å². The summed E-state index contributed by atoms with van der Waals surface area (Å²) in [6.45, 7) is 0. The van der Waals surface area contributed by atoms with Gasteiger partial charge in [-0.2, -0.15) is 0 Å². The SMILES string of the molecule is COc1ccc(CCC(C(=O)N(C)O)c2ccc(-c3ccc(OC)cc3)s2)cc1. The summed E-state index contributed by atoms with van der Waals surface area (Å²) < 4.78 is 10.4. The first-order valence-electron chi connectivity index (χ1n) is 9.35. The van der Waals surface area contributed by atoms with E-state index >= 15 is 0 Å². The third kappa shape index (κ3) is 5.16. The van der Waals surface area contributed by atoms with Gasteiger partial charge in [0.2, 0.25) is 0 Å². The molecular formula is C23H25NO4S. The van der Waals surface area contributed by atoms with Crippen molar-refractivity contribution in [3.63, 3.8) is 0 Å². The van der Waals surface area contributed by atoms with Gasteiger partial charge in [-0.05, 0) is 72.5 Å². The second-order valence-corrected chi connectivity index (χ2v) is 7.85. The Labute approximate surface area is 175 Å². The summed E-state index contributed by atoms with van der Waals surface area (Å²) in [5, 5.41) is 10.4. The summed E-state index contributed by atoms with van der Waals surface area (Å²) >= 11 is 1.58. The van der Waals surface area contributed by atoms with Gasteiger partial charge in [0, 0.05) is 16.8 Å². The molecule has 0 radical (unpaired) electrons. The Morgan fingerprint density at radius 2 is 1.55 bits per heavy atom. The van der Waals surface area contributed by atoms with Gasteiger partial charge < -0.3 is 9.47 Å². The first-order valence-corrected chi connectivity index (χ1v) is 10.2. The summed E-state index contributed by atoms with van der Waals surface area (Å²) in [6, 6.07) is 19.7. The monoisotopic (exact) mass is 411 g/mol. The number of benzene rings is 2. The van der Waals surface area contributed by atoms with E-state index < -0.39 is 5.92 Å². The fourth-order valence-corrected chi connectivity index (χ4v) is 4.31. The fraction of sp³-hybridized carbons (Fsp3) is 0.261. The van der Waals surface area contributed by atoms with Crippen molar-refractivity contribution < 1.29 is 19.5 Å². The van der Waals surface area contributed by atoms with Gasteiger partial charge >= 0.3 is 0 Å². The Morgan fingerprint density at radius 1 is 0.966 bits per heavy atom. The lowest BCUT2D eigenvalue weighted by Crippen LogP contribution is -2.28. The van der Waals surface area contributed by atoms with Crippen LogP contribution in [0.3, 0.4) is 0 Å². The van der Waals surface area contributed by atoms with Crippen molar-refractivity contribution >= 4 is 17.2 Å². The molecule has 3 rings (SSSR count). The normalized spacial score (nSPS) is 11.7. The van der Waals surface area contributed by atoms with Crippen LogP contribution in [0.25, 0.3) is 10.4 Å². The van der Waals surface area contributed by atoms with Crippen LogP contribution in [0.4, 0.5) is 0 Å². The Balaban J connectivity index is 1.79. The second-order valence-electron chi connectivity index (χ2n) is 6.73. The number of hydroxylamine groups is 2. The molecule has 3 aromatic rings. The predicted octanol–water partition coefficient (Wildman–Crippen LogP) is 5.00. The minimum absolute atomic E-state index is 0.304. The molecule has 0 spiro atoms. The van der Waals surface area contributed by atoms with Crippen molar-refractivity contribution in [3.05, 3.63) is 71.1 Å². The van der Waals surface area contributed by atoms with E-state index in [1.165, 1.54) is 7.05 Å². The highest BCUT2D eigenvalue weighted by molar-refractivity contribution is 7.15. The molecule has 0 bridgehead atoms. The van der Waals surface area contributed by atoms with Gasteiger partial charge in [-0.3, -0.25) is 10.0 Å². The molecule has 29 heavy (non-hydrogen) atoms. The van der Waals surface area contributed by atoms with E-state index in [0.717, 1.165) is 38.8 Å². The van der Waals surface area contributed by atoms with E-state index in [2.05, 4.69) is 0 Å². The molecule has 0 saturated heterocycles. The van der Waals surface area contributed by atoms with Gasteiger partial charge in [0.15, 0.2) is 0 Å². The number of carbonyl (C=O) groups is 1. The molecule has 0 fully saturated rings. The zero-order valence-electron chi connectivity index (χ0n) is 16.8. The first-order chi connectivity index (χ1) is 14.0. The third-order valence-electron chi connectivity index (χ3n) is 4.84. The van der Waals surface area contributed by atoms with Crippen molar-refractivity contribution in [1.29, 1.82) is 0 Å². The summed E-state index contributed by atoms with van der Waals surface area (Å²) in [6.07, 6.45) is 1.34. The number of aryl methyl sites for hydroxylation is 1. The zero-order chi connectivity index (χ0) is 20.8. The number of thiophene rings is 1. The maximum atomic E-state index is 12.6. The number of nitrogens with zero attached hydrogens (tertiary/aromatic N) is 1. The van der Waals surface area contributed by atoms with E-state index in [-0.39, 0.29) is 5.91 Å². The molecule has 1 heterocycles. The van der Waals surface area contributed by atoms with Gasteiger partial charge in [0.1, 0.15) is 11.5 Å². The van der Waals surface area contributed by atoms with E-state index in [4.69, 9.17) is 9.47 Å². The van der Waals surface area contributed by atoms with Gasteiger partial charge in [-0.15, -0.1) is 11.3 Å². The van der Waals surface area contributed by atoms with Gasteiger partial charge in [-0.25, -0.2) is 5.06 Å². The quantitative estimate of drug-likeness (QED) is 0.419. The predicted molar refractivity (Wildman–Crippen MR) is 115 cm³/mol. The number of amides is 1. The number of likely N-dealkylation sites (N-methyl/N-ethyl adjacent to an activating group) is 1. The average Bonchev–Trinajstić information content (AvgIpc) is 3.24. The number of rotatable bonds is 8. The molecule has 0 aliphatic carbocycles. The highest BCUT2D eigenvalue weighted by Crippen LogP contribution is 2.35.